The highest BCUT2D eigenvalue weighted by Crippen LogP contribution is 2.43. The van der Waals surface area contributed by atoms with E-state index in [9.17, 15) is 5.11 Å². The van der Waals surface area contributed by atoms with Gasteiger partial charge in [0.15, 0.2) is 0 Å². The zero-order valence-electron chi connectivity index (χ0n) is 8.61. The van der Waals surface area contributed by atoms with Crippen LogP contribution in [0.1, 0.15) is 5.56 Å². The molecule has 0 aliphatic heterocycles. The topological polar surface area (TPSA) is 36.0 Å². The molecule has 2 N–H and O–H groups in total. The monoisotopic (exact) mass is 309 g/mol. The van der Waals surface area contributed by atoms with E-state index in [2.05, 4.69) is 4.98 Å². The van der Waals surface area contributed by atoms with Gasteiger partial charge >= 0.3 is 0 Å². The highest BCUT2D eigenvalue weighted by atomic mass is 35.5. The van der Waals surface area contributed by atoms with Crippen molar-refractivity contribution in [2.24, 2.45) is 0 Å². The van der Waals surface area contributed by atoms with Crippen LogP contribution in [0.3, 0.4) is 0 Å². The van der Waals surface area contributed by atoms with Crippen molar-refractivity contribution in [3.63, 3.8) is 0 Å². The Balaban J connectivity index is 2.72. The van der Waals surface area contributed by atoms with E-state index in [1.807, 2.05) is 6.92 Å². The van der Waals surface area contributed by atoms with Crippen molar-refractivity contribution in [2.45, 2.75) is 6.92 Å². The summed E-state index contributed by atoms with van der Waals surface area (Å²) in [6, 6.07) is 3.39. The van der Waals surface area contributed by atoms with Gasteiger partial charge in [-0.1, -0.05) is 46.4 Å². The van der Waals surface area contributed by atoms with Gasteiger partial charge in [-0.05, 0) is 24.6 Å². The first-order chi connectivity index (χ1) is 7.91. The fourth-order valence-corrected chi connectivity index (χ4v) is 2.43. The fourth-order valence-electron chi connectivity index (χ4n) is 1.54. The van der Waals surface area contributed by atoms with E-state index in [0.717, 1.165) is 5.56 Å². The molecule has 2 nitrogen and oxygen atoms in total. The minimum atomic E-state index is -0.0613. The lowest BCUT2D eigenvalue weighted by Crippen LogP contribution is -1.84. The molecule has 0 unspecified atom stereocenters. The molecule has 0 amide bonds. The van der Waals surface area contributed by atoms with Crippen molar-refractivity contribution < 1.29 is 5.11 Å². The lowest BCUT2D eigenvalue weighted by molar-refractivity contribution is 0.477. The van der Waals surface area contributed by atoms with Crippen LogP contribution in [-0.4, -0.2) is 10.1 Å². The minimum Gasteiger partial charge on any atom is -0.506 e. The summed E-state index contributed by atoms with van der Waals surface area (Å²) in [5, 5.41) is 10.9. The summed E-state index contributed by atoms with van der Waals surface area (Å²) in [6.45, 7) is 1.86. The average Bonchev–Trinajstić information content (AvgIpc) is 2.51. The zero-order valence-corrected chi connectivity index (χ0v) is 11.6. The number of benzene rings is 1. The van der Waals surface area contributed by atoms with Crippen molar-refractivity contribution in [2.75, 3.05) is 0 Å². The van der Waals surface area contributed by atoms with Gasteiger partial charge in [-0.2, -0.15) is 0 Å². The molecule has 0 saturated carbocycles. The molecule has 6 heteroatoms. The Hall–Kier alpha value is -0.540. The molecule has 0 radical (unpaired) electrons. The van der Waals surface area contributed by atoms with E-state index in [0.29, 0.717) is 11.3 Å². The minimum absolute atomic E-state index is 0.0613. The first kappa shape index (κ1) is 12.9. The van der Waals surface area contributed by atoms with E-state index in [4.69, 9.17) is 46.4 Å². The van der Waals surface area contributed by atoms with Crippen molar-refractivity contribution in [3.05, 3.63) is 37.9 Å². The number of halogens is 4. The number of aromatic nitrogens is 1. The van der Waals surface area contributed by atoms with Crippen LogP contribution in [-0.2, 0) is 0 Å². The second-order valence-electron chi connectivity index (χ2n) is 3.58. The molecular weight excluding hydrogens is 304 g/mol. The second kappa shape index (κ2) is 4.62. The molecule has 0 aliphatic rings. The number of nitrogens with one attached hydrogen (secondary N) is 1. The maximum absolute atomic E-state index is 9.90. The van der Waals surface area contributed by atoms with E-state index in [-0.39, 0.29) is 26.0 Å². The van der Waals surface area contributed by atoms with Crippen LogP contribution in [0.15, 0.2) is 12.1 Å². The van der Waals surface area contributed by atoms with Gasteiger partial charge < -0.3 is 10.1 Å². The number of aromatic hydroxyl groups is 1. The number of rotatable bonds is 1. The fraction of sp³-hybridized carbons (Fsp3) is 0.0909. The van der Waals surface area contributed by atoms with E-state index in [1.165, 1.54) is 0 Å². The third-order valence-electron chi connectivity index (χ3n) is 2.32. The maximum atomic E-state index is 9.90. The van der Waals surface area contributed by atoms with Gasteiger partial charge in [0, 0.05) is 5.56 Å². The average molecular weight is 311 g/mol. The zero-order chi connectivity index (χ0) is 12.7. The summed E-state index contributed by atoms with van der Waals surface area (Å²) in [5.41, 5.74) is 1.80. The summed E-state index contributed by atoms with van der Waals surface area (Å²) in [4.78, 5) is 2.81. The number of hydrogen-bond donors (Lipinski definition) is 2. The molecule has 17 heavy (non-hydrogen) atoms. The Labute approximate surface area is 118 Å². The highest BCUT2D eigenvalue weighted by Gasteiger charge is 2.18. The highest BCUT2D eigenvalue weighted by molar-refractivity contribution is 6.49. The number of aromatic amines is 1. The van der Waals surface area contributed by atoms with Crippen LogP contribution >= 0.6 is 46.4 Å². The quantitative estimate of drug-likeness (QED) is 0.735. The standard InChI is InChI=1S/C11H7Cl4NO/c1-4-2-5(10(17)6(12)3-4)9-7(13)8(14)11(15)16-9/h2-3,16-17H,1H3. The van der Waals surface area contributed by atoms with Gasteiger partial charge in [0.2, 0.25) is 0 Å². The number of phenolic OH excluding ortho intramolecular Hbond substituents is 1. The third-order valence-corrected chi connectivity index (χ3v) is 3.84. The van der Waals surface area contributed by atoms with Crippen LogP contribution in [0.4, 0.5) is 0 Å². The molecule has 0 bridgehead atoms. The van der Waals surface area contributed by atoms with Crippen molar-refractivity contribution in [1.29, 1.82) is 0 Å². The first-order valence-electron chi connectivity index (χ1n) is 4.63. The van der Waals surface area contributed by atoms with Crippen LogP contribution in [0.2, 0.25) is 20.2 Å². The Bertz CT molecular complexity index is 592. The van der Waals surface area contributed by atoms with E-state index >= 15 is 0 Å². The molecule has 90 valence electrons. The van der Waals surface area contributed by atoms with Gasteiger partial charge in [0.05, 0.1) is 20.8 Å². The van der Waals surface area contributed by atoms with Crippen molar-refractivity contribution in [3.8, 4) is 17.0 Å². The predicted octanol–water partition coefficient (Wildman–Crippen LogP) is 5.31. The molecule has 0 atom stereocenters. The lowest BCUT2D eigenvalue weighted by atomic mass is 10.1. The second-order valence-corrected chi connectivity index (χ2v) is 5.13. The molecule has 0 aliphatic carbocycles. The molecule has 0 fully saturated rings. The Kier molecular flexibility index (Phi) is 3.50. The molecule has 0 saturated heterocycles. The molecule has 0 spiro atoms. The SMILES string of the molecule is Cc1cc(Cl)c(O)c(-c2[nH]c(Cl)c(Cl)c2Cl)c1. The number of phenols is 1. The van der Waals surface area contributed by atoms with E-state index in [1.54, 1.807) is 12.1 Å². The van der Waals surface area contributed by atoms with Crippen LogP contribution < -0.4 is 0 Å². The Morgan fingerprint density at radius 3 is 2.24 bits per heavy atom. The summed E-state index contributed by atoms with van der Waals surface area (Å²) in [7, 11) is 0. The van der Waals surface area contributed by atoms with Crippen molar-refractivity contribution >= 4 is 46.4 Å². The predicted molar refractivity (Wildman–Crippen MR) is 72.7 cm³/mol. The lowest BCUT2D eigenvalue weighted by Gasteiger charge is -2.07. The van der Waals surface area contributed by atoms with Crippen molar-refractivity contribution in [1.82, 2.24) is 4.98 Å². The van der Waals surface area contributed by atoms with Gasteiger partial charge in [0.25, 0.3) is 0 Å². The molecule has 1 aromatic heterocycles. The summed E-state index contributed by atoms with van der Waals surface area (Å²) in [6.07, 6.45) is 0. The molecule has 2 rings (SSSR count). The summed E-state index contributed by atoms with van der Waals surface area (Å²) >= 11 is 23.6. The summed E-state index contributed by atoms with van der Waals surface area (Å²) < 4.78 is 0. The van der Waals surface area contributed by atoms with Gasteiger partial charge in [-0.3, -0.25) is 0 Å². The Morgan fingerprint density at radius 1 is 1.06 bits per heavy atom. The normalized spacial score (nSPS) is 10.9. The van der Waals surface area contributed by atoms with Gasteiger partial charge in [0.1, 0.15) is 10.9 Å². The molecule has 2 aromatic rings. The first-order valence-corrected chi connectivity index (χ1v) is 6.15. The third kappa shape index (κ3) is 2.23. The largest absolute Gasteiger partial charge is 0.506 e. The number of H-pyrrole nitrogens is 1. The van der Waals surface area contributed by atoms with Gasteiger partial charge in [-0.25, -0.2) is 0 Å². The van der Waals surface area contributed by atoms with E-state index < -0.39 is 0 Å². The molecule has 1 heterocycles. The summed E-state index contributed by atoms with van der Waals surface area (Å²) in [5.74, 6) is -0.0613. The molecule has 1 aromatic carbocycles. The number of hydrogen-bond acceptors (Lipinski definition) is 1. The maximum Gasteiger partial charge on any atom is 0.143 e. The Morgan fingerprint density at radius 2 is 1.71 bits per heavy atom. The van der Waals surface area contributed by atoms with Crippen LogP contribution in [0.5, 0.6) is 5.75 Å². The smallest absolute Gasteiger partial charge is 0.143 e. The number of aryl methyl sites for hydroxylation is 1. The van der Waals surface area contributed by atoms with Crippen LogP contribution in [0.25, 0.3) is 11.3 Å². The van der Waals surface area contributed by atoms with Crippen LogP contribution in [0, 0.1) is 6.92 Å². The van der Waals surface area contributed by atoms with Gasteiger partial charge in [-0.15, -0.1) is 0 Å². The molecular formula is C11H7Cl4NO.